The first kappa shape index (κ1) is 16.8. The van der Waals surface area contributed by atoms with Gasteiger partial charge in [0.1, 0.15) is 5.75 Å². The summed E-state index contributed by atoms with van der Waals surface area (Å²) < 4.78 is 39.9. The van der Waals surface area contributed by atoms with E-state index in [1.54, 1.807) is 12.1 Å². The molecule has 6 heteroatoms. The van der Waals surface area contributed by atoms with E-state index in [2.05, 4.69) is 10.1 Å². The van der Waals surface area contributed by atoms with Gasteiger partial charge < -0.3 is 15.2 Å². The molecule has 0 aliphatic heterocycles. The molecule has 0 saturated carbocycles. The smallest absolute Gasteiger partial charge is 0.406 e. The summed E-state index contributed by atoms with van der Waals surface area (Å²) in [4.78, 5) is 0. The zero-order valence-electron chi connectivity index (χ0n) is 11.6. The van der Waals surface area contributed by atoms with Gasteiger partial charge in [0.05, 0.1) is 0 Å². The minimum atomic E-state index is -4.67. The van der Waals surface area contributed by atoms with Crippen LogP contribution < -0.4 is 10.1 Å². The summed E-state index contributed by atoms with van der Waals surface area (Å²) in [7, 11) is 0. The lowest BCUT2D eigenvalue weighted by Crippen LogP contribution is -2.31. The summed E-state index contributed by atoms with van der Waals surface area (Å²) >= 11 is 0. The molecule has 1 aromatic rings. The molecule has 0 radical (unpaired) electrons. The van der Waals surface area contributed by atoms with E-state index in [9.17, 15) is 18.3 Å². The van der Waals surface area contributed by atoms with E-state index in [1.807, 2.05) is 13.8 Å². The molecule has 0 fully saturated rings. The third kappa shape index (κ3) is 6.77. The molecule has 0 aliphatic carbocycles. The second kappa shape index (κ2) is 7.50. The Hall–Kier alpha value is -1.27. The predicted molar refractivity (Wildman–Crippen MR) is 70.5 cm³/mol. The van der Waals surface area contributed by atoms with Gasteiger partial charge in [0.25, 0.3) is 0 Å². The number of nitrogens with one attached hydrogen (secondary N) is 1. The molecule has 0 amide bonds. The van der Waals surface area contributed by atoms with Crippen LogP contribution in [0.3, 0.4) is 0 Å². The van der Waals surface area contributed by atoms with Crippen LogP contribution in [0.5, 0.6) is 5.75 Å². The van der Waals surface area contributed by atoms with Gasteiger partial charge in [0.2, 0.25) is 0 Å². The molecule has 0 aliphatic rings. The van der Waals surface area contributed by atoms with Gasteiger partial charge in [-0.2, -0.15) is 0 Å². The van der Waals surface area contributed by atoms with E-state index in [-0.39, 0.29) is 18.3 Å². The van der Waals surface area contributed by atoms with Gasteiger partial charge >= 0.3 is 6.36 Å². The molecule has 1 atom stereocenters. The van der Waals surface area contributed by atoms with Crippen molar-refractivity contribution in [2.75, 3.05) is 13.2 Å². The molecule has 0 aromatic heterocycles. The molecule has 0 heterocycles. The van der Waals surface area contributed by atoms with Gasteiger partial charge in [-0.3, -0.25) is 0 Å². The fourth-order valence-electron chi connectivity index (χ4n) is 1.76. The number of aliphatic hydroxyl groups excluding tert-OH is 1. The van der Waals surface area contributed by atoms with Gasteiger partial charge in [-0.15, -0.1) is 13.2 Å². The molecule has 20 heavy (non-hydrogen) atoms. The van der Waals surface area contributed by atoms with E-state index in [4.69, 9.17) is 0 Å². The van der Waals surface area contributed by atoms with Crippen LogP contribution in [-0.2, 0) is 6.42 Å². The Balaban J connectivity index is 2.55. The number of alkyl halides is 3. The topological polar surface area (TPSA) is 41.5 Å². The average molecular weight is 291 g/mol. The summed E-state index contributed by atoms with van der Waals surface area (Å²) in [5, 5.41) is 12.5. The second-order valence-corrected chi connectivity index (χ2v) is 5.01. The third-order valence-electron chi connectivity index (χ3n) is 2.75. The molecule has 0 bridgehead atoms. The minimum Gasteiger partial charge on any atom is -0.406 e. The summed E-state index contributed by atoms with van der Waals surface area (Å²) in [6.07, 6.45) is -4.07. The number of aliphatic hydroxyl groups is 1. The largest absolute Gasteiger partial charge is 0.573 e. The number of hydrogen-bond donors (Lipinski definition) is 2. The first-order valence-electron chi connectivity index (χ1n) is 6.49. The molecular formula is C14H20F3NO2. The van der Waals surface area contributed by atoms with Crippen molar-refractivity contribution in [3.05, 3.63) is 29.8 Å². The third-order valence-corrected chi connectivity index (χ3v) is 2.75. The Kier molecular flexibility index (Phi) is 6.29. The molecule has 1 rings (SSSR count). The summed E-state index contributed by atoms with van der Waals surface area (Å²) in [6, 6.07) is 6.06. The minimum absolute atomic E-state index is 0.0283. The molecule has 3 nitrogen and oxygen atoms in total. The van der Waals surface area contributed by atoms with Crippen LogP contribution in [0.4, 0.5) is 13.2 Å². The van der Waals surface area contributed by atoms with Crippen molar-refractivity contribution in [2.24, 2.45) is 5.92 Å². The highest BCUT2D eigenvalue weighted by Crippen LogP contribution is 2.23. The van der Waals surface area contributed by atoms with Crippen LogP contribution in [0.15, 0.2) is 24.3 Å². The lowest BCUT2D eigenvalue weighted by atomic mass is 10.00. The van der Waals surface area contributed by atoms with Gasteiger partial charge in [-0.1, -0.05) is 26.0 Å². The number of benzene rings is 1. The summed E-state index contributed by atoms with van der Waals surface area (Å²) in [5.74, 6) is -0.200. The van der Waals surface area contributed by atoms with Crippen molar-refractivity contribution in [3.8, 4) is 5.75 Å². The number of rotatable bonds is 7. The number of hydrogen-bond acceptors (Lipinski definition) is 3. The monoisotopic (exact) mass is 291 g/mol. The molecule has 0 spiro atoms. The fraction of sp³-hybridized carbons (Fsp3) is 0.571. The SMILES string of the molecule is CC(C)NCC(CO)Cc1ccc(OC(F)(F)F)cc1. The predicted octanol–water partition coefficient (Wildman–Crippen LogP) is 2.73. The molecular weight excluding hydrogens is 271 g/mol. The highest BCUT2D eigenvalue weighted by molar-refractivity contribution is 5.27. The Bertz CT molecular complexity index is 390. The molecule has 114 valence electrons. The van der Waals surface area contributed by atoms with Crippen molar-refractivity contribution in [1.29, 1.82) is 0 Å². The van der Waals surface area contributed by atoms with Crippen LogP contribution in [0.1, 0.15) is 19.4 Å². The summed E-state index contributed by atoms with van der Waals surface area (Å²) in [6.45, 7) is 4.71. The highest BCUT2D eigenvalue weighted by atomic mass is 19.4. The van der Waals surface area contributed by atoms with E-state index >= 15 is 0 Å². The van der Waals surface area contributed by atoms with Gasteiger partial charge in [0.15, 0.2) is 0 Å². The zero-order valence-corrected chi connectivity index (χ0v) is 11.6. The second-order valence-electron chi connectivity index (χ2n) is 5.01. The first-order valence-corrected chi connectivity index (χ1v) is 6.49. The van der Waals surface area contributed by atoms with Crippen molar-refractivity contribution in [2.45, 2.75) is 32.7 Å². The van der Waals surface area contributed by atoms with Gasteiger partial charge in [-0.05, 0) is 30.0 Å². The maximum absolute atomic E-state index is 12.0. The van der Waals surface area contributed by atoms with Crippen molar-refractivity contribution in [3.63, 3.8) is 0 Å². The van der Waals surface area contributed by atoms with Crippen LogP contribution in [0, 0.1) is 5.92 Å². The van der Waals surface area contributed by atoms with Crippen molar-refractivity contribution >= 4 is 0 Å². The molecule has 1 aromatic carbocycles. The lowest BCUT2D eigenvalue weighted by molar-refractivity contribution is -0.274. The maximum atomic E-state index is 12.0. The Morgan fingerprint density at radius 2 is 1.80 bits per heavy atom. The molecule has 2 N–H and O–H groups in total. The van der Waals surface area contributed by atoms with Gasteiger partial charge in [-0.25, -0.2) is 0 Å². The first-order chi connectivity index (χ1) is 9.30. The summed E-state index contributed by atoms with van der Waals surface area (Å²) in [5.41, 5.74) is 0.865. The van der Waals surface area contributed by atoms with E-state index < -0.39 is 6.36 Å². The standard InChI is InChI=1S/C14H20F3NO2/c1-10(2)18-8-12(9-19)7-11-3-5-13(6-4-11)20-14(15,16)17/h3-6,10,12,18-19H,7-9H2,1-2H3. The van der Waals surface area contributed by atoms with Crippen LogP contribution in [0.2, 0.25) is 0 Å². The average Bonchev–Trinajstić information content (AvgIpc) is 2.34. The van der Waals surface area contributed by atoms with Crippen LogP contribution in [-0.4, -0.2) is 30.7 Å². The normalized spacial score (nSPS) is 13.6. The number of ether oxygens (including phenoxy) is 1. The Morgan fingerprint density at radius 1 is 1.20 bits per heavy atom. The van der Waals surface area contributed by atoms with Crippen molar-refractivity contribution in [1.82, 2.24) is 5.32 Å². The van der Waals surface area contributed by atoms with E-state index in [0.29, 0.717) is 19.0 Å². The lowest BCUT2D eigenvalue weighted by Gasteiger charge is -2.17. The Labute approximate surface area is 116 Å². The molecule has 0 saturated heterocycles. The quantitative estimate of drug-likeness (QED) is 0.811. The van der Waals surface area contributed by atoms with E-state index in [0.717, 1.165) is 5.56 Å². The van der Waals surface area contributed by atoms with Crippen molar-refractivity contribution < 1.29 is 23.0 Å². The Morgan fingerprint density at radius 3 is 2.25 bits per heavy atom. The van der Waals surface area contributed by atoms with E-state index in [1.165, 1.54) is 12.1 Å². The van der Waals surface area contributed by atoms with Crippen LogP contribution >= 0.6 is 0 Å². The van der Waals surface area contributed by atoms with Crippen LogP contribution in [0.25, 0.3) is 0 Å². The van der Waals surface area contributed by atoms with Gasteiger partial charge in [0, 0.05) is 19.2 Å². The highest BCUT2D eigenvalue weighted by Gasteiger charge is 2.30. The fourth-order valence-corrected chi connectivity index (χ4v) is 1.76. The zero-order chi connectivity index (χ0) is 15.2. The maximum Gasteiger partial charge on any atom is 0.573 e. The number of halogens is 3. The molecule has 1 unspecified atom stereocenters.